The maximum absolute atomic E-state index is 12.6. The number of amides is 1. The van der Waals surface area contributed by atoms with Crippen LogP contribution < -0.4 is 11.1 Å². The van der Waals surface area contributed by atoms with E-state index in [0.29, 0.717) is 12.8 Å². The standard InChI is InChI=1S/C33H69N2O6P/c1-3-5-7-9-11-13-15-17-18-20-22-24-26-32(36)31(30-41-42(38,39)40-29-28-34)35-33(37)27-25-23-21-19-16-14-12-10-8-6-4-2/h31-32,36H,3-30,34H2,1-2H3,(H,35,37)(H,38,39)/t31-,32+/m0/s1. The van der Waals surface area contributed by atoms with Gasteiger partial charge >= 0.3 is 7.82 Å². The SMILES string of the molecule is CCCCCCCCCCCCCC[C@@H](O)[C@H](COP(=O)(O)OCCN)NC(=O)CCCCCCCCCCCCC. The fourth-order valence-corrected chi connectivity index (χ4v) is 6.01. The Bertz CT molecular complexity index is 640. The Morgan fingerprint density at radius 3 is 1.52 bits per heavy atom. The van der Waals surface area contributed by atoms with Gasteiger partial charge in [-0.3, -0.25) is 13.8 Å². The molecule has 0 bridgehead atoms. The van der Waals surface area contributed by atoms with Gasteiger partial charge in [-0.25, -0.2) is 4.57 Å². The van der Waals surface area contributed by atoms with Crippen LogP contribution in [0.25, 0.3) is 0 Å². The molecule has 0 rings (SSSR count). The van der Waals surface area contributed by atoms with Gasteiger partial charge in [0.2, 0.25) is 5.91 Å². The summed E-state index contributed by atoms with van der Waals surface area (Å²) in [6.45, 7) is 4.18. The van der Waals surface area contributed by atoms with Crippen LogP contribution in [0.4, 0.5) is 0 Å². The molecule has 0 heterocycles. The number of nitrogens with two attached hydrogens (primary N) is 1. The van der Waals surface area contributed by atoms with Crippen LogP contribution in [0.2, 0.25) is 0 Å². The first-order valence-electron chi connectivity index (χ1n) is 17.7. The van der Waals surface area contributed by atoms with E-state index in [0.717, 1.165) is 38.5 Å². The Balaban J connectivity index is 4.28. The largest absolute Gasteiger partial charge is 0.472 e. The summed E-state index contributed by atoms with van der Waals surface area (Å²) in [5.74, 6) is -0.163. The lowest BCUT2D eigenvalue weighted by atomic mass is 10.0. The van der Waals surface area contributed by atoms with Crippen LogP contribution in [-0.2, 0) is 18.4 Å². The Hall–Kier alpha value is -0.500. The number of aliphatic hydroxyl groups is 1. The van der Waals surface area contributed by atoms with Gasteiger partial charge in [0.25, 0.3) is 0 Å². The number of hydrogen-bond donors (Lipinski definition) is 4. The molecule has 5 N–H and O–H groups in total. The molecule has 0 aliphatic carbocycles. The van der Waals surface area contributed by atoms with Crippen LogP contribution in [0.3, 0.4) is 0 Å². The normalized spacial score (nSPS) is 14.5. The highest BCUT2D eigenvalue weighted by atomic mass is 31.2. The molecule has 0 saturated heterocycles. The van der Waals surface area contributed by atoms with Crippen molar-refractivity contribution >= 4 is 13.7 Å². The molecule has 252 valence electrons. The lowest BCUT2D eigenvalue weighted by Crippen LogP contribution is -2.46. The van der Waals surface area contributed by atoms with E-state index in [-0.39, 0.29) is 25.7 Å². The second kappa shape index (κ2) is 30.5. The van der Waals surface area contributed by atoms with E-state index in [4.69, 9.17) is 14.8 Å². The lowest BCUT2D eigenvalue weighted by Gasteiger charge is -2.25. The minimum absolute atomic E-state index is 0.0919. The monoisotopic (exact) mass is 620 g/mol. The molecule has 0 aliphatic rings. The van der Waals surface area contributed by atoms with Gasteiger partial charge in [-0.2, -0.15) is 0 Å². The molecule has 8 nitrogen and oxygen atoms in total. The second-order valence-corrected chi connectivity index (χ2v) is 13.5. The average molecular weight is 621 g/mol. The third-order valence-corrected chi connectivity index (χ3v) is 8.95. The number of carbonyl (C=O) groups is 1. The number of unbranched alkanes of at least 4 members (excludes halogenated alkanes) is 21. The summed E-state index contributed by atoms with van der Waals surface area (Å²) in [4.78, 5) is 22.5. The summed E-state index contributed by atoms with van der Waals surface area (Å²) in [5.41, 5.74) is 5.35. The van der Waals surface area contributed by atoms with Gasteiger partial charge in [0.15, 0.2) is 0 Å². The molecular formula is C33H69N2O6P. The van der Waals surface area contributed by atoms with E-state index in [9.17, 15) is 19.4 Å². The maximum atomic E-state index is 12.6. The minimum Gasteiger partial charge on any atom is -0.391 e. The topological polar surface area (TPSA) is 131 Å². The van der Waals surface area contributed by atoms with Crippen LogP contribution >= 0.6 is 7.82 Å². The molecule has 0 aromatic carbocycles. The van der Waals surface area contributed by atoms with Gasteiger partial charge in [0, 0.05) is 13.0 Å². The summed E-state index contributed by atoms with van der Waals surface area (Å²) in [7, 11) is -4.30. The highest BCUT2D eigenvalue weighted by Gasteiger charge is 2.27. The number of phosphoric ester groups is 1. The molecule has 0 spiro atoms. The molecule has 0 radical (unpaired) electrons. The molecule has 42 heavy (non-hydrogen) atoms. The molecule has 1 unspecified atom stereocenters. The van der Waals surface area contributed by atoms with Gasteiger partial charge in [0.1, 0.15) is 0 Å². The molecule has 0 aromatic heterocycles. The third kappa shape index (κ3) is 28.3. The molecule has 9 heteroatoms. The highest BCUT2D eigenvalue weighted by Crippen LogP contribution is 2.43. The van der Waals surface area contributed by atoms with Crippen molar-refractivity contribution in [2.45, 2.75) is 187 Å². The number of carbonyl (C=O) groups excluding carboxylic acids is 1. The van der Waals surface area contributed by atoms with E-state index >= 15 is 0 Å². The zero-order valence-electron chi connectivity index (χ0n) is 27.5. The number of phosphoric acid groups is 1. The number of hydrogen-bond acceptors (Lipinski definition) is 6. The van der Waals surface area contributed by atoms with Crippen LogP contribution in [-0.4, -0.2) is 47.8 Å². The van der Waals surface area contributed by atoms with Crippen molar-refractivity contribution < 1.29 is 28.4 Å². The first-order chi connectivity index (χ1) is 20.4. The first-order valence-corrected chi connectivity index (χ1v) is 19.1. The maximum Gasteiger partial charge on any atom is 0.472 e. The molecule has 3 atom stereocenters. The van der Waals surface area contributed by atoms with Gasteiger partial charge < -0.3 is 21.1 Å². The number of nitrogens with one attached hydrogen (secondary N) is 1. The van der Waals surface area contributed by atoms with E-state index in [1.165, 1.54) is 109 Å². The highest BCUT2D eigenvalue weighted by molar-refractivity contribution is 7.47. The van der Waals surface area contributed by atoms with Crippen molar-refractivity contribution in [1.82, 2.24) is 5.32 Å². The fraction of sp³-hybridized carbons (Fsp3) is 0.970. The second-order valence-electron chi connectivity index (χ2n) is 12.1. The number of rotatable bonds is 33. The molecular weight excluding hydrogens is 551 g/mol. The molecule has 0 aliphatic heterocycles. The first kappa shape index (κ1) is 41.5. The average Bonchev–Trinajstić information content (AvgIpc) is 2.97. The van der Waals surface area contributed by atoms with Crippen molar-refractivity contribution in [2.75, 3.05) is 19.8 Å². The summed E-state index contributed by atoms with van der Waals surface area (Å²) in [6, 6.07) is -0.764. The predicted octanol–water partition coefficient (Wildman–Crippen LogP) is 8.72. The van der Waals surface area contributed by atoms with Crippen molar-refractivity contribution in [3.8, 4) is 0 Å². The van der Waals surface area contributed by atoms with Crippen LogP contribution in [0.15, 0.2) is 0 Å². The van der Waals surface area contributed by atoms with E-state index in [1.54, 1.807) is 0 Å². The lowest BCUT2D eigenvalue weighted by molar-refractivity contribution is -0.123. The Kier molecular flexibility index (Phi) is 30.2. The summed E-state index contributed by atoms with van der Waals surface area (Å²) < 4.78 is 22.0. The molecule has 1 amide bonds. The summed E-state index contributed by atoms with van der Waals surface area (Å²) >= 11 is 0. The van der Waals surface area contributed by atoms with E-state index in [1.807, 2.05) is 0 Å². The zero-order valence-corrected chi connectivity index (χ0v) is 28.4. The van der Waals surface area contributed by atoms with Gasteiger partial charge in [0.05, 0.1) is 25.4 Å². The minimum atomic E-state index is -4.30. The quantitative estimate of drug-likeness (QED) is 0.0426. The van der Waals surface area contributed by atoms with Crippen LogP contribution in [0.1, 0.15) is 174 Å². The van der Waals surface area contributed by atoms with Crippen molar-refractivity contribution in [2.24, 2.45) is 5.73 Å². The Morgan fingerprint density at radius 1 is 0.690 bits per heavy atom. The van der Waals surface area contributed by atoms with E-state index in [2.05, 4.69) is 19.2 Å². The van der Waals surface area contributed by atoms with Crippen LogP contribution in [0.5, 0.6) is 0 Å². The van der Waals surface area contributed by atoms with E-state index < -0.39 is 20.0 Å². The zero-order chi connectivity index (χ0) is 31.2. The number of aliphatic hydroxyl groups excluding tert-OH is 1. The van der Waals surface area contributed by atoms with Crippen molar-refractivity contribution in [3.05, 3.63) is 0 Å². The third-order valence-electron chi connectivity index (χ3n) is 7.96. The van der Waals surface area contributed by atoms with Gasteiger partial charge in [-0.15, -0.1) is 0 Å². The summed E-state index contributed by atoms with van der Waals surface area (Å²) in [6.07, 6.45) is 28.1. The predicted molar refractivity (Wildman–Crippen MR) is 175 cm³/mol. The van der Waals surface area contributed by atoms with Gasteiger partial charge in [-0.1, -0.05) is 155 Å². The van der Waals surface area contributed by atoms with Crippen molar-refractivity contribution in [1.29, 1.82) is 0 Å². The van der Waals surface area contributed by atoms with Crippen LogP contribution in [0, 0.1) is 0 Å². The molecule has 0 aromatic rings. The Labute approximate surface area is 259 Å². The smallest absolute Gasteiger partial charge is 0.391 e. The molecule has 0 fully saturated rings. The fourth-order valence-electron chi connectivity index (χ4n) is 5.25. The summed E-state index contributed by atoms with van der Waals surface area (Å²) in [5, 5.41) is 13.7. The van der Waals surface area contributed by atoms with Gasteiger partial charge in [-0.05, 0) is 12.8 Å². The van der Waals surface area contributed by atoms with Crippen molar-refractivity contribution in [3.63, 3.8) is 0 Å². The molecule has 0 saturated carbocycles. The Morgan fingerprint density at radius 2 is 1.10 bits per heavy atom.